The monoisotopic (exact) mass is 352 g/mol. The summed E-state index contributed by atoms with van der Waals surface area (Å²) in [6.45, 7) is 4.28. The third-order valence-electron chi connectivity index (χ3n) is 3.42. The smallest absolute Gasteiger partial charge is 0.270 e. The highest BCUT2D eigenvalue weighted by atomic mass is 32.1. The van der Waals surface area contributed by atoms with Gasteiger partial charge >= 0.3 is 0 Å². The number of hydrogen-bond acceptors (Lipinski definition) is 5. The Labute approximate surface area is 144 Å². The minimum atomic E-state index is -0.406. The van der Waals surface area contributed by atoms with E-state index in [1.165, 1.54) is 42.7 Å². The van der Waals surface area contributed by atoms with E-state index in [0.717, 1.165) is 16.6 Å². The first kappa shape index (κ1) is 17.6. The van der Waals surface area contributed by atoms with E-state index in [9.17, 15) is 10.1 Å². The maximum atomic E-state index is 10.8. The van der Waals surface area contributed by atoms with Crippen LogP contribution in [-0.4, -0.2) is 21.1 Å². The van der Waals surface area contributed by atoms with E-state index in [2.05, 4.69) is 29.5 Å². The van der Waals surface area contributed by atoms with Gasteiger partial charge in [0.15, 0.2) is 10.2 Å². The lowest BCUT2D eigenvalue weighted by Gasteiger charge is -2.15. The molecule has 0 amide bonds. The molecular formula is C15H20N4O2S2. The van der Waals surface area contributed by atoms with Crippen LogP contribution in [0, 0.1) is 10.1 Å². The lowest BCUT2D eigenvalue weighted by Crippen LogP contribution is -2.35. The second kappa shape index (κ2) is 8.16. The van der Waals surface area contributed by atoms with Crippen molar-refractivity contribution in [2.24, 2.45) is 0 Å². The van der Waals surface area contributed by atoms with Crippen molar-refractivity contribution in [2.75, 3.05) is 5.32 Å². The third kappa shape index (κ3) is 5.11. The van der Waals surface area contributed by atoms with E-state index in [1.54, 1.807) is 6.07 Å². The van der Waals surface area contributed by atoms with E-state index in [1.807, 2.05) is 0 Å². The first-order valence-electron chi connectivity index (χ1n) is 7.62. The summed E-state index contributed by atoms with van der Waals surface area (Å²) in [7, 11) is 0. The molecule has 0 spiro atoms. The van der Waals surface area contributed by atoms with Gasteiger partial charge in [0.1, 0.15) is 0 Å². The van der Waals surface area contributed by atoms with Crippen molar-refractivity contribution < 1.29 is 4.92 Å². The summed E-state index contributed by atoms with van der Waals surface area (Å²) in [4.78, 5) is 14.8. The van der Waals surface area contributed by atoms with Crippen LogP contribution in [0.4, 0.5) is 10.8 Å². The van der Waals surface area contributed by atoms with Crippen molar-refractivity contribution in [1.29, 1.82) is 0 Å². The molecule has 2 rings (SSSR count). The zero-order valence-electron chi connectivity index (χ0n) is 13.2. The van der Waals surface area contributed by atoms with E-state index in [4.69, 9.17) is 12.2 Å². The van der Waals surface area contributed by atoms with Gasteiger partial charge in [-0.25, -0.2) is 4.98 Å². The molecule has 2 N–H and O–H groups in total. The number of thiocarbonyl (C=S) groups is 1. The van der Waals surface area contributed by atoms with Gasteiger partial charge in [-0.05, 0) is 31.6 Å². The van der Waals surface area contributed by atoms with Crippen LogP contribution in [0.2, 0.25) is 0 Å². The van der Waals surface area contributed by atoms with Crippen LogP contribution in [0.5, 0.6) is 0 Å². The van der Waals surface area contributed by atoms with Crippen LogP contribution in [0.1, 0.15) is 39.5 Å². The van der Waals surface area contributed by atoms with Crippen LogP contribution in [0.15, 0.2) is 18.2 Å². The van der Waals surface area contributed by atoms with Crippen LogP contribution in [0.25, 0.3) is 10.2 Å². The number of rotatable bonds is 7. The van der Waals surface area contributed by atoms with Gasteiger partial charge in [-0.3, -0.25) is 10.1 Å². The molecular weight excluding hydrogens is 332 g/mol. The quantitative estimate of drug-likeness (QED) is 0.331. The molecule has 0 bridgehead atoms. The van der Waals surface area contributed by atoms with Crippen molar-refractivity contribution in [3.63, 3.8) is 0 Å². The molecule has 124 valence electrons. The van der Waals surface area contributed by atoms with Gasteiger partial charge in [0.05, 0.1) is 15.1 Å². The maximum Gasteiger partial charge on any atom is 0.270 e. The zero-order valence-corrected chi connectivity index (χ0v) is 14.8. The summed E-state index contributed by atoms with van der Waals surface area (Å²) in [5.74, 6) is 0. The zero-order chi connectivity index (χ0) is 16.8. The topological polar surface area (TPSA) is 80.1 Å². The number of hydrogen-bond donors (Lipinski definition) is 2. The molecule has 1 atom stereocenters. The molecule has 1 aromatic carbocycles. The Hall–Kier alpha value is -1.80. The fraction of sp³-hybridized carbons (Fsp3) is 0.467. The highest BCUT2D eigenvalue weighted by Gasteiger charge is 2.11. The van der Waals surface area contributed by atoms with Crippen molar-refractivity contribution >= 4 is 49.7 Å². The normalized spacial score (nSPS) is 12.1. The van der Waals surface area contributed by atoms with Gasteiger partial charge in [0.2, 0.25) is 0 Å². The number of nitrogens with one attached hydrogen (secondary N) is 2. The molecule has 6 nitrogen and oxygen atoms in total. The lowest BCUT2D eigenvalue weighted by atomic mass is 10.1. The molecule has 0 aliphatic carbocycles. The highest BCUT2D eigenvalue weighted by molar-refractivity contribution is 7.80. The first-order chi connectivity index (χ1) is 11.0. The Kier molecular flexibility index (Phi) is 6.23. The van der Waals surface area contributed by atoms with Gasteiger partial charge in [0, 0.05) is 18.2 Å². The average molecular weight is 352 g/mol. The molecule has 23 heavy (non-hydrogen) atoms. The molecule has 2 aromatic rings. The fourth-order valence-electron chi connectivity index (χ4n) is 2.21. The maximum absolute atomic E-state index is 10.8. The van der Waals surface area contributed by atoms with Gasteiger partial charge in [-0.2, -0.15) is 0 Å². The summed E-state index contributed by atoms with van der Waals surface area (Å²) in [5.41, 5.74) is 0.792. The van der Waals surface area contributed by atoms with Gasteiger partial charge in [0.25, 0.3) is 5.69 Å². The summed E-state index contributed by atoms with van der Waals surface area (Å²) >= 11 is 6.65. The lowest BCUT2D eigenvalue weighted by molar-refractivity contribution is -0.384. The number of aromatic nitrogens is 1. The highest BCUT2D eigenvalue weighted by Crippen LogP contribution is 2.29. The van der Waals surface area contributed by atoms with E-state index >= 15 is 0 Å². The number of non-ortho nitro benzene ring substituents is 1. The number of anilines is 1. The van der Waals surface area contributed by atoms with Crippen LogP contribution >= 0.6 is 23.6 Å². The molecule has 1 heterocycles. The standard InChI is InChI=1S/C15H20N4O2S2/c1-3-4-5-6-10(2)16-14(22)18-15-17-12-8-7-11(19(20)21)9-13(12)23-15/h7-10H,3-6H2,1-2H3,(H2,16,17,18,22). The Morgan fingerprint density at radius 3 is 2.96 bits per heavy atom. The SMILES string of the molecule is CCCCCC(C)NC(=S)Nc1nc2ccc([N+](=O)[O-])cc2s1. The Balaban J connectivity index is 1.95. The number of nitro benzene ring substituents is 1. The first-order valence-corrected chi connectivity index (χ1v) is 8.84. The number of benzene rings is 1. The van der Waals surface area contributed by atoms with Crippen molar-refractivity contribution in [3.05, 3.63) is 28.3 Å². The summed E-state index contributed by atoms with van der Waals surface area (Å²) in [6.07, 6.45) is 4.68. The number of fused-ring (bicyclic) bond motifs is 1. The van der Waals surface area contributed by atoms with E-state index < -0.39 is 4.92 Å². The average Bonchev–Trinajstić information content (AvgIpc) is 2.88. The number of thiazole rings is 1. The van der Waals surface area contributed by atoms with E-state index in [0.29, 0.717) is 16.3 Å². The minimum absolute atomic E-state index is 0.0675. The molecule has 0 aliphatic heterocycles. The van der Waals surface area contributed by atoms with E-state index in [-0.39, 0.29) is 5.69 Å². The molecule has 8 heteroatoms. The second-order valence-electron chi connectivity index (χ2n) is 5.42. The van der Waals surface area contributed by atoms with Crippen LogP contribution in [0.3, 0.4) is 0 Å². The molecule has 0 saturated heterocycles. The third-order valence-corrected chi connectivity index (χ3v) is 4.58. The summed E-state index contributed by atoms with van der Waals surface area (Å²) in [6, 6.07) is 4.94. The Morgan fingerprint density at radius 1 is 1.48 bits per heavy atom. The summed E-state index contributed by atoms with van der Waals surface area (Å²) in [5, 5.41) is 18.3. The van der Waals surface area contributed by atoms with Crippen LogP contribution < -0.4 is 10.6 Å². The molecule has 0 fully saturated rings. The van der Waals surface area contributed by atoms with Gasteiger partial charge < -0.3 is 10.6 Å². The molecule has 0 saturated carbocycles. The molecule has 0 radical (unpaired) electrons. The summed E-state index contributed by atoms with van der Waals surface area (Å²) < 4.78 is 0.764. The van der Waals surface area contributed by atoms with Crippen molar-refractivity contribution in [1.82, 2.24) is 10.3 Å². The predicted octanol–water partition coefficient (Wildman–Crippen LogP) is 4.46. The van der Waals surface area contributed by atoms with Gasteiger partial charge in [-0.15, -0.1) is 0 Å². The number of nitro groups is 1. The minimum Gasteiger partial charge on any atom is -0.360 e. The second-order valence-corrected chi connectivity index (χ2v) is 6.86. The predicted molar refractivity (Wildman–Crippen MR) is 99.2 cm³/mol. The Bertz CT molecular complexity index is 702. The fourth-order valence-corrected chi connectivity index (χ4v) is 3.48. The Morgan fingerprint density at radius 2 is 2.26 bits per heavy atom. The molecule has 1 unspecified atom stereocenters. The number of unbranched alkanes of at least 4 members (excludes halogenated alkanes) is 2. The largest absolute Gasteiger partial charge is 0.360 e. The van der Waals surface area contributed by atoms with Crippen LogP contribution in [-0.2, 0) is 0 Å². The number of nitrogens with zero attached hydrogens (tertiary/aromatic N) is 2. The van der Waals surface area contributed by atoms with Gasteiger partial charge in [-0.1, -0.05) is 37.5 Å². The molecule has 1 aromatic heterocycles. The molecule has 0 aliphatic rings. The van der Waals surface area contributed by atoms with Crippen molar-refractivity contribution in [3.8, 4) is 0 Å². The van der Waals surface area contributed by atoms with Crippen molar-refractivity contribution in [2.45, 2.75) is 45.6 Å².